The average molecular weight is 664 g/mol. The van der Waals surface area contributed by atoms with Crippen LogP contribution in [0.2, 0.25) is 0 Å². The van der Waals surface area contributed by atoms with Gasteiger partial charge in [-0.1, -0.05) is 24.3 Å². The first-order chi connectivity index (χ1) is 20.9. The second-order valence-corrected chi connectivity index (χ2v) is 13.2. The largest absolute Gasteiger partial charge is 0.496 e. The fourth-order valence-electron chi connectivity index (χ4n) is 6.56. The van der Waals surface area contributed by atoms with Crippen LogP contribution in [-0.2, 0) is 33.2 Å². The molecule has 3 aromatic carbocycles. The molecule has 45 heavy (non-hydrogen) atoms. The van der Waals surface area contributed by atoms with Gasteiger partial charge in [-0.05, 0) is 66.8 Å². The van der Waals surface area contributed by atoms with Crippen LogP contribution in [0.3, 0.4) is 0 Å². The summed E-state index contributed by atoms with van der Waals surface area (Å²) < 4.78 is 142. The van der Waals surface area contributed by atoms with Crippen LogP contribution in [0.15, 0.2) is 65.6 Å². The summed E-state index contributed by atoms with van der Waals surface area (Å²) in [6.45, 7) is 0.145. The van der Waals surface area contributed by atoms with Gasteiger partial charge in [-0.15, -0.1) is 0 Å². The summed E-state index contributed by atoms with van der Waals surface area (Å²) in [6, 6.07) is 8.68. The number of likely N-dealkylation sites (tertiary alicyclic amines) is 1. The molecule has 3 aromatic rings. The minimum Gasteiger partial charge on any atom is -0.496 e. The molecule has 1 aliphatic heterocycles. The number of hydrogen-bond donors (Lipinski definition) is 1. The van der Waals surface area contributed by atoms with Crippen molar-refractivity contribution in [3.63, 3.8) is 0 Å². The van der Waals surface area contributed by atoms with Crippen molar-refractivity contribution in [2.75, 3.05) is 13.7 Å². The van der Waals surface area contributed by atoms with Crippen molar-refractivity contribution in [2.24, 2.45) is 0 Å². The highest BCUT2D eigenvalue weighted by Crippen LogP contribution is 2.57. The van der Waals surface area contributed by atoms with Crippen molar-refractivity contribution in [2.45, 2.75) is 59.5 Å². The number of aromatic carboxylic acids is 1. The monoisotopic (exact) mass is 663 g/mol. The van der Waals surface area contributed by atoms with E-state index in [0.29, 0.717) is 17.7 Å². The number of carboxylic acids is 1. The number of halogens is 8. The Labute approximate surface area is 252 Å². The van der Waals surface area contributed by atoms with Crippen molar-refractivity contribution in [1.82, 2.24) is 4.90 Å². The number of fused-ring (bicyclic) bond motifs is 3. The maximum atomic E-state index is 15.0. The molecule has 1 heterocycles. The molecule has 0 spiro atoms. The summed E-state index contributed by atoms with van der Waals surface area (Å²) in [5, 5.41) is 9.33. The Bertz CT molecular complexity index is 1730. The maximum Gasteiger partial charge on any atom is 0.435 e. The Morgan fingerprint density at radius 2 is 1.62 bits per heavy atom. The zero-order chi connectivity index (χ0) is 33.2. The fourth-order valence-corrected chi connectivity index (χ4v) is 8.95. The maximum absolute atomic E-state index is 15.0. The molecule has 5 rings (SSSR count). The van der Waals surface area contributed by atoms with Gasteiger partial charge in [0.05, 0.1) is 17.6 Å². The summed E-state index contributed by atoms with van der Waals surface area (Å²) in [6.07, 6.45) is -13.1. The van der Waals surface area contributed by atoms with E-state index in [-0.39, 0.29) is 59.7 Å². The van der Waals surface area contributed by atoms with E-state index in [9.17, 15) is 49.1 Å². The lowest BCUT2D eigenvalue weighted by atomic mass is 9.76. The van der Waals surface area contributed by atoms with Gasteiger partial charge in [-0.25, -0.2) is 22.0 Å². The summed E-state index contributed by atoms with van der Waals surface area (Å²) in [5.74, 6) is -1.74. The molecule has 0 unspecified atom stereocenters. The van der Waals surface area contributed by atoms with Gasteiger partial charge in [0, 0.05) is 30.3 Å². The third-order valence-corrected chi connectivity index (χ3v) is 11.2. The first kappa shape index (κ1) is 32.7. The van der Waals surface area contributed by atoms with Crippen LogP contribution in [0.1, 0.15) is 45.5 Å². The highest BCUT2D eigenvalue weighted by atomic mass is 32.2. The molecular formula is C30H25F8NO5S. The Hall–Kier alpha value is -3.72. The van der Waals surface area contributed by atoms with Crippen LogP contribution in [-0.4, -0.2) is 56.4 Å². The van der Waals surface area contributed by atoms with E-state index in [0.717, 1.165) is 30.3 Å². The Kier molecular flexibility index (Phi) is 7.96. The van der Waals surface area contributed by atoms with Crippen molar-refractivity contribution in [3.05, 3.63) is 94.3 Å². The van der Waals surface area contributed by atoms with Gasteiger partial charge in [0.2, 0.25) is 0 Å². The minimum absolute atomic E-state index is 0.0519. The highest BCUT2D eigenvalue weighted by Gasteiger charge is 2.73. The Morgan fingerprint density at radius 1 is 0.978 bits per heavy atom. The van der Waals surface area contributed by atoms with Crippen molar-refractivity contribution < 1.29 is 58.2 Å². The quantitative estimate of drug-likeness (QED) is 0.224. The third-order valence-electron chi connectivity index (χ3n) is 8.69. The van der Waals surface area contributed by atoms with Gasteiger partial charge in [-0.2, -0.15) is 26.3 Å². The number of nitrogens with zero attached hydrogens (tertiary/aromatic N) is 1. The Balaban J connectivity index is 1.66. The van der Waals surface area contributed by atoms with Crippen molar-refractivity contribution >= 4 is 15.8 Å². The van der Waals surface area contributed by atoms with Crippen LogP contribution in [0.5, 0.6) is 5.75 Å². The van der Waals surface area contributed by atoms with E-state index in [1.807, 2.05) is 0 Å². The molecule has 1 saturated heterocycles. The van der Waals surface area contributed by atoms with Crippen LogP contribution in [0.4, 0.5) is 35.1 Å². The number of methoxy groups -OCH3 is 1. The van der Waals surface area contributed by atoms with Crippen molar-refractivity contribution in [1.29, 1.82) is 0 Å². The number of aryl methyl sites for hydroxylation is 1. The lowest BCUT2D eigenvalue weighted by Gasteiger charge is -2.43. The number of alkyl halides is 7. The molecule has 0 radical (unpaired) electrons. The topological polar surface area (TPSA) is 83.9 Å². The normalized spacial score (nSPS) is 20.9. The first-order valence-corrected chi connectivity index (χ1v) is 15.0. The van der Waals surface area contributed by atoms with E-state index in [2.05, 4.69) is 0 Å². The summed E-state index contributed by atoms with van der Waals surface area (Å²) >= 11 is 0. The van der Waals surface area contributed by atoms with Gasteiger partial charge < -0.3 is 9.84 Å². The van der Waals surface area contributed by atoms with Crippen LogP contribution in [0.25, 0.3) is 0 Å². The number of rotatable bonds is 7. The second kappa shape index (κ2) is 11.0. The van der Waals surface area contributed by atoms with E-state index < -0.39 is 56.0 Å². The minimum atomic E-state index is -6.35. The van der Waals surface area contributed by atoms with Crippen LogP contribution >= 0.6 is 0 Å². The highest BCUT2D eigenvalue weighted by molar-refractivity contribution is 7.92. The molecule has 1 fully saturated rings. The standard InChI is InChI=1S/C30H25F8NO5S/c1-44-24-15-18(26(40)41)2-3-19(24)16-39-13-12-27(45(42,43)22-8-6-21(31)7-9-22)23-10-5-20(14-17(23)4-11-25(27)39)28(32,29(33,34)35)30(36,37)38/h2-3,5-10,14-15,25H,4,11-13,16H2,1H3,(H,40,41)/t25-,27-/m1/s1. The Morgan fingerprint density at radius 3 is 2.20 bits per heavy atom. The van der Waals surface area contributed by atoms with Gasteiger partial charge in [0.25, 0.3) is 0 Å². The number of sulfone groups is 1. The van der Waals surface area contributed by atoms with Gasteiger partial charge in [0.1, 0.15) is 16.3 Å². The molecule has 0 saturated carbocycles. The molecule has 2 atom stereocenters. The zero-order valence-electron chi connectivity index (χ0n) is 23.3. The lowest BCUT2D eigenvalue weighted by molar-refractivity contribution is -0.348. The average Bonchev–Trinajstić information content (AvgIpc) is 3.35. The van der Waals surface area contributed by atoms with Crippen LogP contribution in [0, 0.1) is 5.82 Å². The number of benzene rings is 3. The molecule has 1 N–H and O–H groups in total. The van der Waals surface area contributed by atoms with Gasteiger partial charge in [-0.3, -0.25) is 4.90 Å². The summed E-state index contributed by atoms with van der Waals surface area (Å²) in [4.78, 5) is 12.9. The number of hydrogen-bond acceptors (Lipinski definition) is 5. The molecule has 242 valence electrons. The van der Waals surface area contributed by atoms with Crippen LogP contribution < -0.4 is 4.74 Å². The molecule has 2 aliphatic rings. The van der Waals surface area contributed by atoms with Gasteiger partial charge >= 0.3 is 24.0 Å². The number of ether oxygens (including phenoxy) is 1. The molecule has 6 nitrogen and oxygen atoms in total. The SMILES string of the molecule is COc1cc(C(=O)O)ccc1CN1CC[C@@]2(S(=O)(=O)c3ccc(F)cc3)c3ccc(C(F)(C(F)(F)F)C(F)(F)F)cc3CC[C@@H]12. The first-order valence-electron chi connectivity index (χ1n) is 13.5. The van der Waals surface area contributed by atoms with Crippen molar-refractivity contribution in [3.8, 4) is 5.75 Å². The molecule has 1 aliphatic carbocycles. The predicted octanol–water partition coefficient (Wildman–Crippen LogP) is 6.71. The zero-order valence-corrected chi connectivity index (χ0v) is 24.2. The van der Waals surface area contributed by atoms with E-state index >= 15 is 4.39 Å². The summed E-state index contributed by atoms with van der Waals surface area (Å²) in [5.41, 5.74) is -7.24. The number of carbonyl (C=O) groups is 1. The molecule has 0 amide bonds. The smallest absolute Gasteiger partial charge is 0.435 e. The second-order valence-electron chi connectivity index (χ2n) is 11.0. The lowest BCUT2D eigenvalue weighted by Crippen LogP contribution is -2.52. The van der Waals surface area contributed by atoms with Gasteiger partial charge in [0.15, 0.2) is 9.84 Å². The van der Waals surface area contributed by atoms with E-state index in [1.54, 1.807) is 4.90 Å². The molecule has 0 bridgehead atoms. The third kappa shape index (κ3) is 5.03. The van der Waals surface area contributed by atoms with E-state index in [4.69, 9.17) is 4.74 Å². The summed E-state index contributed by atoms with van der Waals surface area (Å²) in [7, 11) is -3.19. The molecule has 0 aromatic heterocycles. The predicted molar refractivity (Wildman–Crippen MR) is 144 cm³/mol. The van der Waals surface area contributed by atoms with E-state index in [1.165, 1.54) is 25.3 Å². The number of carboxylic acid groups (broad SMARTS) is 1. The molecular weight excluding hydrogens is 638 g/mol. The molecule has 15 heteroatoms. The fraction of sp³-hybridized carbons (Fsp3) is 0.367.